The quantitative estimate of drug-likeness (QED) is 0.391. The van der Waals surface area contributed by atoms with Crippen molar-refractivity contribution in [3.63, 3.8) is 0 Å². The minimum absolute atomic E-state index is 0.00183. The van der Waals surface area contributed by atoms with Gasteiger partial charge in [0.2, 0.25) is 0 Å². The van der Waals surface area contributed by atoms with Crippen LogP contribution < -0.4 is 4.90 Å². The molecule has 0 saturated carbocycles. The van der Waals surface area contributed by atoms with E-state index in [2.05, 4.69) is 6.92 Å². The first-order chi connectivity index (χ1) is 16.9. The predicted octanol–water partition coefficient (Wildman–Crippen LogP) is 4.15. The summed E-state index contributed by atoms with van der Waals surface area (Å²) in [6, 6.07) is 15.2. The molecule has 2 aliphatic heterocycles. The molecule has 0 fully saturated rings. The lowest BCUT2D eigenvalue weighted by molar-refractivity contribution is -0.121. The highest BCUT2D eigenvalue weighted by Gasteiger charge is 2.36. The summed E-state index contributed by atoms with van der Waals surface area (Å²) in [5.41, 5.74) is 1.23. The molecule has 1 atom stereocenters. The minimum Gasteiger partial charge on any atom is -0.467 e. The van der Waals surface area contributed by atoms with Crippen LogP contribution in [0.5, 0.6) is 0 Å². The highest BCUT2D eigenvalue weighted by Crippen LogP contribution is 2.37. The number of fused-ring (bicyclic) bond motifs is 2. The molecule has 0 spiro atoms. The number of amides is 3. The maximum absolute atomic E-state index is 13.0. The fraction of sp³-hybridized carbons (Fsp3) is 0.231. The third-order valence-electron chi connectivity index (χ3n) is 5.97. The Hall–Kier alpha value is -3.85. The molecule has 0 radical (unpaired) electrons. The van der Waals surface area contributed by atoms with Crippen LogP contribution in [0.25, 0.3) is 0 Å². The van der Waals surface area contributed by atoms with Gasteiger partial charge in [0.1, 0.15) is 5.76 Å². The number of thioether (sulfide) groups is 1. The van der Waals surface area contributed by atoms with Crippen molar-refractivity contribution in [2.45, 2.75) is 30.0 Å². The SMILES string of the molecule is C[C@H]1CCN(C(=O)COC(=O)c2ccc3c(c2)C(=O)N(Cc2ccco2)C3=O)c2ccccc2S1. The maximum Gasteiger partial charge on any atom is 0.338 e. The molecule has 0 N–H and O–H groups in total. The van der Waals surface area contributed by atoms with Gasteiger partial charge in [0.25, 0.3) is 17.7 Å². The zero-order valence-corrected chi connectivity index (χ0v) is 19.7. The molecule has 0 saturated heterocycles. The van der Waals surface area contributed by atoms with E-state index in [0.29, 0.717) is 17.6 Å². The molecule has 1 aromatic heterocycles. The van der Waals surface area contributed by atoms with Crippen LogP contribution in [0.2, 0.25) is 0 Å². The van der Waals surface area contributed by atoms with E-state index in [1.807, 2.05) is 24.3 Å². The Morgan fingerprint density at radius 2 is 1.86 bits per heavy atom. The number of rotatable bonds is 5. The lowest BCUT2D eigenvalue weighted by Gasteiger charge is -2.22. The lowest BCUT2D eigenvalue weighted by atomic mass is 10.1. The van der Waals surface area contributed by atoms with Crippen molar-refractivity contribution in [2.75, 3.05) is 18.1 Å². The fourth-order valence-electron chi connectivity index (χ4n) is 4.15. The number of carbonyl (C=O) groups is 4. The van der Waals surface area contributed by atoms with E-state index < -0.39 is 24.4 Å². The van der Waals surface area contributed by atoms with Gasteiger partial charge < -0.3 is 14.1 Å². The zero-order valence-electron chi connectivity index (χ0n) is 18.9. The van der Waals surface area contributed by atoms with E-state index in [1.165, 1.54) is 24.5 Å². The number of benzene rings is 2. The first-order valence-corrected chi connectivity index (χ1v) is 12.1. The molecule has 2 aromatic carbocycles. The molecule has 0 aliphatic carbocycles. The molecule has 8 nitrogen and oxygen atoms in total. The van der Waals surface area contributed by atoms with Crippen molar-refractivity contribution in [3.05, 3.63) is 83.3 Å². The van der Waals surface area contributed by atoms with Gasteiger partial charge >= 0.3 is 5.97 Å². The van der Waals surface area contributed by atoms with Gasteiger partial charge in [-0.2, -0.15) is 0 Å². The Morgan fingerprint density at radius 3 is 2.66 bits per heavy atom. The third kappa shape index (κ3) is 4.46. The molecule has 2 aliphatic rings. The van der Waals surface area contributed by atoms with Crippen LogP contribution in [-0.2, 0) is 16.1 Å². The molecule has 0 unspecified atom stereocenters. The minimum atomic E-state index is -0.739. The lowest BCUT2D eigenvalue weighted by Crippen LogP contribution is -2.35. The van der Waals surface area contributed by atoms with Crippen LogP contribution in [-0.4, -0.2) is 47.0 Å². The number of furan rings is 1. The van der Waals surface area contributed by atoms with Gasteiger partial charge in [0, 0.05) is 16.7 Å². The summed E-state index contributed by atoms with van der Waals surface area (Å²) in [4.78, 5) is 54.8. The van der Waals surface area contributed by atoms with Gasteiger partial charge in [-0.05, 0) is 48.9 Å². The molecule has 35 heavy (non-hydrogen) atoms. The Balaban J connectivity index is 1.27. The fourth-order valence-corrected chi connectivity index (χ4v) is 5.27. The summed E-state index contributed by atoms with van der Waals surface area (Å²) in [5.74, 6) is -1.56. The molecule has 3 aromatic rings. The number of hydrogen-bond acceptors (Lipinski definition) is 7. The van der Waals surface area contributed by atoms with Gasteiger partial charge in [0.05, 0.1) is 35.2 Å². The molecular formula is C26H22N2O6S. The number of hydrogen-bond donors (Lipinski definition) is 0. The molecule has 178 valence electrons. The van der Waals surface area contributed by atoms with Gasteiger partial charge in [-0.15, -0.1) is 11.8 Å². The van der Waals surface area contributed by atoms with Crippen LogP contribution >= 0.6 is 11.8 Å². The van der Waals surface area contributed by atoms with Gasteiger partial charge in [0.15, 0.2) is 6.61 Å². The Bertz CT molecular complexity index is 1320. The number of para-hydroxylation sites is 1. The maximum atomic E-state index is 13.0. The highest BCUT2D eigenvalue weighted by molar-refractivity contribution is 8.00. The van der Waals surface area contributed by atoms with E-state index in [4.69, 9.17) is 9.15 Å². The van der Waals surface area contributed by atoms with E-state index in [1.54, 1.807) is 28.8 Å². The number of esters is 1. The summed E-state index contributed by atoms with van der Waals surface area (Å²) in [7, 11) is 0. The summed E-state index contributed by atoms with van der Waals surface area (Å²) in [6.07, 6.45) is 2.28. The van der Waals surface area contributed by atoms with Crippen LogP contribution in [0, 0.1) is 0 Å². The number of ether oxygens (including phenoxy) is 1. The van der Waals surface area contributed by atoms with Crippen molar-refractivity contribution in [2.24, 2.45) is 0 Å². The second kappa shape index (κ2) is 9.42. The van der Waals surface area contributed by atoms with E-state index in [0.717, 1.165) is 21.9 Å². The largest absolute Gasteiger partial charge is 0.467 e. The smallest absolute Gasteiger partial charge is 0.338 e. The van der Waals surface area contributed by atoms with Crippen molar-refractivity contribution in [1.82, 2.24) is 4.90 Å². The van der Waals surface area contributed by atoms with Crippen LogP contribution in [0.3, 0.4) is 0 Å². The normalized spacial score (nSPS) is 17.1. The van der Waals surface area contributed by atoms with Crippen LogP contribution in [0.15, 0.2) is 70.2 Å². The number of carbonyl (C=O) groups excluding carboxylic acids is 4. The topological polar surface area (TPSA) is 97.1 Å². The van der Waals surface area contributed by atoms with Gasteiger partial charge in [-0.3, -0.25) is 19.3 Å². The second-order valence-electron chi connectivity index (χ2n) is 8.34. The standard InChI is InChI=1S/C26H22N2O6S/c1-16-10-11-27(21-6-2-3-7-22(21)35-16)23(29)15-34-26(32)17-8-9-19-20(13-17)25(31)28(24(19)30)14-18-5-4-12-33-18/h2-9,12-13,16H,10-11,14-15H2,1H3/t16-/m0/s1. The average molecular weight is 491 g/mol. The summed E-state index contributed by atoms with van der Waals surface area (Å²) in [6.45, 7) is 2.22. The molecule has 0 bridgehead atoms. The zero-order chi connectivity index (χ0) is 24.5. The van der Waals surface area contributed by atoms with Gasteiger partial charge in [-0.1, -0.05) is 19.1 Å². The highest BCUT2D eigenvalue weighted by atomic mass is 32.2. The first-order valence-electron chi connectivity index (χ1n) is 11.2. The number of imide groups is 1. The summed E-state index contributed by atoms with van der Waals surface area (Å²) < 4.78 is 10.5. The number of anilines is 1. The second-order valence-corrected chi connectivity index (χ2v) is 9.82. The Kier molecular flexibility index (Phi) is 6.17. The third-order valence-corrected chi connectivity index (χ3v) is 7.21. The number of nitrogens with zero attached hydrogens (tertiary/aromatic N) is 2. The monoisotopic (exact) mass is 490 g/mol. The van der Waals surface area contributed by atoms with Gasteiger partial charge in [-0.25, -0.2) is 4.79 Å². The van der Waals surface area contributed by atoms with Crippen LogP contribution in [0.1, 0.15) is 50.2 Å². The predicted molar refractivity (Wildman–Crippen MR) is 128 cm³/mol. The van der Waals surface area contributed by atoms with Crippen molar-refractivity contribution in [1.29, 1.82) is 0 Å². The van der Waals surface area contributed by atoms with E-state index in [9.17, 15) is 19.2 Å². The molecule has 5 rings (SSSR count). The molecule has 9 heteroatoms. The first kappa shape index (κ1) is 22.9. The van der Waals surface area contributed by atoms with Crippen LogP contribution in [0.4, 0.5) is 5.69 Å². The van der Waals surface area contributed by atoms with Crippen molar-refractivity contribution in [3.8, 4) is 0 Å². The van der Waals surface area contributed by atoms with E-state index in [-0.39, 0.29) is 29.1 Å². The van der Waals surface area contributed by atoms with Crippen molar-refractivity contribution >= 4 is 41.1 Å². The molecule has 3 amide bonds. The molecule has 3 heterocycles. The van der Waals surface area contributed by atoms with Crippen molar-refractivity contribution < 1.29 is 28.3 Å². The summed E-state index contributed by atoms with van der Waals surface area (Å²) in [5, 5.41) is 0.357. The summed E-state index contributed by atoms with van der Waals surface area (Å²) >= 11 is 1.72. The average Bonchev–Trinajstić information content (AvgIpc) is 3.41. The van der Waals surface area contributed by atoms with E-state index >= 15 is 0 Å². The molecular weight excluding hydrogens is 468 g/mol. The Morgan fingerprint density at radius 1 is 1.06 bits per heavy atom. The Labute approximate surface area is 205 Å².